The zero-order valence-corrected chi connectivity index (χ0v) is 32.0. The van der Waals surface area contributed by atoms with Crippen molar-refractivity contribution < 1.29 is 38.0 Å². The lowest BCUT2D eigenvalue weighted by Crippen LogP contribution is -2.54. The van der Waals surface area contributed by atoms with Crippen LogP contribution < -0.4 is 14.4 Å². The van der Waals surface area contributed by atoms with Crippen LogP contribution in [0.2, 0.25) is 16.6 Å². The number of amides is 1. The predicted molar refractivity (Wildman–Crippen MR) is 196 cm³/mol. The monoisotopic (exact) mass is 700 g/mol. The van der Waals surface area contributed by atoms with E-state index in [0.29, 0.717) is 49.7 Å². The molecule has 2 aliphatic heterocycles. The van der Waals surface area contributed by atoms with E-state index in [0.717, 1.165) is 54.2 Å². The Labute approximate surface area is 295 Å². The van der Waals surface area contributed by atoms with Gasteiger partial charge in [0.25, 0.3) is 0 Å². The summed E-state index contributed by atoms with van der Waals surface area (Å²) in [6.45, 7) is 18.8. The highest BCUT2D eigenvalue weighted by atomic mass is 28.4. The standard InChI is InChI=1S/C38H60N2O8Si/c1-27(2)49(28(3)4,29(5)6)48-21-10-20-45-35-24-40(38(41)42)25-36(37(35)31-12-14-32(44-8)15-13-31)47-26-30-11-16-34-33(23-30)39(18-22-46-34)17-9-19-43-7/h11-16,23,27-29,35-37H,9-10,17-22,24-26H2,1-8H3,(H,41,42)/t35-,36+,37+/m1/s1. The lowest BCUT2D eigenvalue weighted by molar-refractivity contribution is -0.0904. The lowest BCUT2D eigenvalue weighted by atomic mass is 9.84. The van der Waals surface area contributed by atoms with Crippen molar-refractivity contribution in [2.75, 3.05) is 71.7 Å². The van der Waals surface area contributed by atoms with Crippen LogP contribution in [0.15, 0.2) is 42.5 Å². The van der Waals surface area contributed by atoms with E-state index in [2.05, 4.69) is 52.5 Å². The maximum Gasteiger partial charge on any atom is 0.407 e. The highest BCUT2D eigenvalue weighted by Gasteiger charge is 2.45. The third-order valence-electron chi connectivity index (χ3n) is 10.3. The molecular formula is C38H60N2O8Si. The number of methoxy groups -OCH3 is 2. The number of rotatable bonds is 18. The Bertz CT molecular complexity index is 1290. The van der Waals surface area contributed by atoms with Crippen LogP contribution in [-0.2, 0) is 25.2 Å². The van der Waals surface area contributed by atoms with Gasteiger partial charge in [-0.2, -0.15) is 0 Å². The SMILES string of the molecule is COCCCN1CCOc2ccc(CO[C@H]3CN(C(=O)O)C[C@@H](OCCCO[Si](C(C)C)(C(C)C)C(C)C)[C@@H]3c3ccc(OC)cc3)cc21. The van der Waals surface area contributed by atoms with Crippen LogP contribution in [0.25, 0.3) is 0 Å². The molecule has 1 amide bonds. The Kier molecular flexibility index (Phi) is 14.6. The average molecular weight is 701 g/mol. The molecule has 1 N–H and O–H groups in total. The van der Waals surface area contributed by atoms with E-state index in [4.69, 9.17) is 28.1 Å². The Balaban J connectivity index is 1.51. The number of nitrogens with zero attached hydrogens (tertiary/aromatic N) is 2. The van der Waals surface area contributed by atoms with Crippen LogP contribution in [0.5, 0.6) is 11.5 Å². The first kappa shape index (κ1) is 39.0. The summed E-state index contributed by atoms with van der Waals surface area (Å²) < 4.78 is 36.7. The summed E-state index contributed by atoms with van der Waals surface area (Å²) in [4.78, 5) is 16.1. The minimum absolute atomic E-state index is 0.176. The van der Waals surface area contributed by atoms with Crippen LogP contribution in [0, 0.1) is 0 Å². The first-order valence-electron chi connectivity index (χ1n) is 18.0. The number of carboxylic acid groups (broad SMARTS) is 1. The van der Waals surface area contributed by atoms with Gasteiger partial charge in [0.1, 0.15) is 18.1 Å². The molecule has 10 nitrogen and oxygen atoms in total. The maximum atomic E-state index is 12.4. The second-order valence-electron chi connectivity index (χ2n) is 14.2. The number of fused-ring (bicyclic) bond motifs is 1. The van der Waals surface area contributed by atoms with E-state index in [-0.39, 0.29) is 19.0 Å². The molecule has 0 radical (unpaired) electrons. The van der Waals surface area contributed by atoms with Gasteiger partial charge < -0.3 is 43.0 Å². The summed E-state index contributed by atoms with van der Waals surface area (Å²) in [5.41, 5.74) is 4.61. The van der Waals surface area contributed by atoms with Gasteiger partial charge in [-0.05, 0) is 64.9 Å². The Morgan fingerprint density at radius 3 is 2.18 bits per heavy atom. The van der Waals surface area contributed by atoms with Gasteiger partial charge in [-0.25, -0.2) is 4.79 Å². The van der Waals surface area contributed by atoms with E-state index < -0.39 is 26.6 Å². The van der Waals surface area contributed by atoms with Crippen LogP contribution in [0.1, 0.15) is 71.4 Å². The molecule has 49 heavy (non-hydrogen) atoms. The first-order chi connectivity index (χ1) is 23.5. The summed E-state index contributed by atoms with van der Waals surface area (Å²) in [6, 6.07) is 14.1. The number of hydrogen-bond donors (Lipinski definition) is 1. The van der Waals surface area contributed by atoms with Crippen molar-refractivity contribution in [2.24, 2.45) is 0 Å². The van der Waals surface area contributed by atoms with Gasteiger partial charge in [0.15, 0.2) is 8.32 Å². The second kappa shape index (κ2) is 18.4. The third-order valence-corrected chi connectivity index (χ3v) is 16.4. The van der Waals surface area contributed by atoms with E-state index in [9.17, 15) is 9.90 Å². The first-order valence-corrected chi connectivity index (χ1v) is 20.1. The molecule has 0 spiro atoms. The Hall–Kier alpha value is -2.83. The molecule has 3 atom stereocenters. The van der Waals surface area contributed by atoms with E-state index in [1.54, 1.807) is 14.2 Å². The quantitative estimate of drug-likeness (QED) is 0.125. The zero-order valence-electron chi connectivity index (χ0n) is 31.0. The molecule has 0 aliphatic carbocycles. The fourth-order valence-electron chi connectivity index (χ4n) is 7.99. The molecule has 2 aromatic rings. The fraction of sp³-hybridized carbons (Fsp3) is 0.658. The molecule has 4 rings (SSSR count). The molecule has 0 aromatic heterocycles. The van der Waals surface area contributed by atoms with E-state index in [1.807, 2.05) is 36.4 Å². The number of carbonyl (C=O) groups is 1. The molecular weight excluding hydrogens is 641 g/mol. The minimum Gasteiger partial charge on any atom is -0.497 e. The van der Waals surface area contributed by atoms with Crippen molar-refractivity contribution in [1.82, 2.24) is 4.90 Å². The summed E-state index contributed by atoms with van der Waals surface area (Å²) >= 11 is 0. The summed E-state index contributed by atoms with van der Waals surface area (Å²) in [6.07, 6.45) is -0.121. The Morgan fingerprint density at radius 2 is 1.57 bits per heavy atom. The number of benzene rings is 2. The number of anilines is 1. The Morgan fingerprint density at radius 1 is 0.898 bits per heavy atom. The smallest absolute Gasteiger partial charge is 0.407 e. The van der Waals surface area contributed by atoms with Gasteiger partial charge in [-0.1, -0.05) is 59.7 Å². The average Bonchev–Trinajstić information content (AvgIpc) is 3.08. The van der Waals surface area contributed by atoms with Crippen molar-refractivity contribution in [1.29, 1.82) is 0 Å². The van der Waals surface area contributed by atoms with Crippen LogP contribution in [-0.4, -0.2) is 103 Å². The van der Waals surface area contributed by atoms with E-state index in [1.165, 1.54) is 4.90 Å². The molecule has 0 unspecified atom stereocenters. The van der Waals surface area contributed by atoms with E-state index >= 15 is 0 Å². The van der Waals surface area contributed by atoms with Gasteiger partial charge in [0.05, 0.1) is 51.2 Å². The summed E-state index contributed by atoms with van der Waals surface area (Å²) in [5.74, 6) is 1.45. The van der Waals surface area contributed by atoms with Crippen LogP contribution in [0.3, 0.4) is 0 Å². The van der Waals surface area contributed by atoms with Crippen molar-refractivity contribution in [3.8, 4) is 11.5 Å². The highest BCUT2D eigenvalue weighted by molar-refractivity contribution is 6.77. The molecule has 1 fully saturated rings. The van der Waals surface area contributed by atoms with Crippen molar-refractivity contribution in [2.45, 2.75) is 95.7 Å². The molecule has 0 bridgehead atoms. The number of piperidine rings is 1. The van der Waals surface area contributed by atoms with Gasteiger partial charge in [-0.15, -0.1) is 0 Å². The normalized spacial score (nSPS) is 19.8. The second-order valence-corrected chi connectivity index (χ2v) is 19.7. The number of hydrogen-bond acceptors (Lipinski definition) is 8. The molecule has 274 valence electrons. The predicted octanol–water partition coefficient (Wildman–Crippen LogP) is 7.56. The van der Waals surface area contributed by atoms with Crippen LogP contribution >= 0.6 is 0 Å². The summed E-state index contributed by atoms with van der Waals surface area (Å²) in [5, 5.41) is 10.1. The summed E-state index contributed by atoms with van der Waals surface area (Å²) in [7, 11) is 1.39. The van der Waals surface area contributed by atoms with Gasteiger partial charge in [0, 0.05) is 39.4 Å². The van der Waals surface area contributed by atoms with Gasteiger partial charge in [-0.3, -0.25) is 0 Å². The molecule has 1 saturated heterocycles. The topological polar surface area (TPSA) is 99.2 Å². The molecule has 2 aliphatic rings. The van der Waals surface area contributed by atoms with Gasteiger partial charge >= 0.3 is 6.09 Å². The lowest BCUT2D eigenvalue weighted by Gasteiger charge is -2.43. The van der Waals surface area contributed by atoms with Crippen LogP contribution in [0.4, 0.5) is 10.5 Å². The van der Waals surface area contributed by atoms with Crippen molar-refractivity contribution in [3.63, 3.8) is 0 Å². The van der Waals surface area contributed by atoms with Crippen molar-refractivity contribution in [3.05, 3.63) is 53.6 Å². The largest absolute Gasteiger partial charge is 0.497 e. The molecule has 11 heteroatoms. The minimum atomic E-state index is -1.98. The van der Waals surface area contributed by atoms with Crippen molar-refractivity contribution >= 4 is 20.1 Å². The zero-order chi connectivity index (χ0) is 35.6. The molecule has 2 heterocycles. The fourth-order valence-corrected chi connectivity index (χ4v) is 13.5. The molecule has 0 saturated carbocycles. The number of ether oxygens (including phenoxy) is 5. The number of likely N-dealkylation sites (tertiary alicyclic amines) is 1. The maximum absolute atomic E-state index is 12.4. The molecule has 2 aromatic carbocycles. The highest BCUT2D eigenvalue weighted by Crippen LogP contribution is 2.42. The third kappa shape index (κ3) is 9.70. The van der Waals surface area contributed by atoms with Gasteiger partial charge in [0.2, 0.25) is 0 Å².